The Morgan fingerprint density at radius 3 is 2.17 bits per heavy atom. The van der Waals surface area contributed by atoms with Crippen molar-refractivity contribution in [2.45, 2.75) is 64.1 Å². The molecule has 0 aliphatic rings. The lowest BCUT2D eigenvalue weighted by atomic mass is 10.1. The lowest BCUT2D eigenvalue weighted by Gasteiger charge is -2.34. The van der Waals surface area contributed by atoms with Gasteiger partial charge in [0.15, 0.2) is 0 Å². The Morgan fingerprint density at radius 1 is 0.902 bits per heavy atom. The summed E-state index contributed by atoms with van der Waals surface area (Å²) in [6.45, 7) is 6.95. The summed E-state index contributed by atoms with van der Waals surface area (Å²) in [5.74, 6) is -0.876. The fourth-order valence-corrected chi connectivity index (χ4v) is 6.09. The molecule has 0 saturated carbocycles. The predicted octanol–water partition coefficient (Wildman–Crippen LogP) is 6.87. The third-order valence-electron chi connectivity index (χ3n) is 6.69. The summed E-state index contributed by atoms with van der Waals surface area (Å²) >= 11 is 18.4. The third kappa shape index (κ3) is 8.38. The van der Waals surface area contributed by atoms with Gasteiger partial charge in [-0.05, 0) is 86.3 Å². The SMILES string of the molecule is CC[C@@H](C)NC(=O)[C@H](CC)N(Cc1ccc(Cl)c(Cl)c1)C(=O)CN(c1cccc(C)c1)S(=O)(=O)c1ccc(Cl)cc1. The molecule has 0 bridgehead atoms. The first-order valence-corrected chi connectivity index (χ1v) is 15.8. The van der Waals surface area contributed by atoms with Gasteiger partial charge in [0.1, 0.15) is 12.6 Å². The van der Waals surface area contributed by atoms with Crippen LogP contribution in [0.15, 0.2) is 71.6 Å². The normalized spacial score (nSPS) is 12.9. The van der Waals surface area contributed by atoms with Crippen LogP contribution in [0.5, 0.6) is 0 Å². The molecule has 3 aromatic rings. The number of carbonyl (C=O) groups excluding carboxylic acids is 2. The number of nitrogens with zero attached hydrogens (tertiary/aromatic N) is 2. The Kier molecular flexibility index (Phi) is 11.5. The molecule has 0 heterocycles. The maximum Gasteiger partial charge on any atom is 0.264 e. The minimum atomic E-state index is -4.19. The summed E-state index contributed by atoms with van der Waals surface area (Å²) in [4.78, 5) is 28.9. The first-order valence-electron chi connectivity index (χ1n) is 13.3. The van der Waals surface area contributed by atoms with E-state index in [2.05, 4.69) is 5.32 Å². The van der Waals surface area contributed by atoms with Crippen molar-refractivity contribution in [3.05, 3.63) is 92.9 Å². The van der Waals surface area contributed by atoms with Crippen LogP contribution >= 0.6 is 34.8 Å². The molecule has 0 aliphatic carbocycles. The number of sulfonamides is 1. The number of rotatable bonds is 12. The summed E-state index contributed by atoms with van der Waals surface area (Å²) in [6, 6.07) is 16.6. The zero-order valence-corrected chi connectivity index (χ0v) is 26.5. The molecule has 7 nitrogen and oxygen atoms in total. The molecule has 0 saturated heterocycles. The fourth-order valence-electron chi connectivity index (χ4n) is 4.24. The van der Waals surface area contributed by atoms with E-state index >= 15 is 0 Å². The number of nitrogens with one attached hydrogen (secondary N) is 1. The van der Waals surface area contributed by atoms with E-state index in [4.69, 9.17) is 34.8 Å². The van der Waals surface area contributed by atoms with Crippen molar-refractivity contribution in [2.24, 2.45) is 0 Å². The van der Waals surface area contributed by atoms with Crippen molar-refractivity contribution in [1.29, 1.82) is 0 Å². The van der Waals surface area contributed by atoms with Crippen LogP contribution in [-0.2, 0) is 26.2 Å². The second kappa shape index (κ2) is 14.4. The van der Waals surface area contributed by atoms with Gasteiger partial charge in [-0.3, -0.25) is 13.9 Å². The molecule has 11 heteroatoms. The van der Waals surface area contributed by atoms with Crippen LogP contribution in [0.1, 0.15) is 44.7 Å². The summed E-state index contributed by atoms with van der Waals surface area (Å²) in [5.41, 5.74) is 1.78. The standard InChI is InChI=1S/C30H34Cl3N3O4S/c1-5-21(4)34-30(38)28(6-2)35(18-22-10-15-26(32)27(33)17-22)29(37)19-36(24-9-7-8-20(3)16-24)41(39,40)25-13-11-23(31)12-14-25/h7-17,21,28H,5-6,18-19H2,1-4H3,(H,34,38)/t21-,28+/m1/s1. The second-order valence-corrected chi connectivity index (χ2v) is 12.9. The lowest BCUT2D eigenvalue weighted by molar-refractivity contribution is -0.140. The van der Waals surface area contributed by atoms with Crippen molar-refractivity contribution >= 4 is 62.3 Å². The molecule has 0 aromatic heterocycles. The highest BCUT2D eigenvalue weighted by atomic mass is 35.5. The Hall–Kier alpha value is -2.78. The van der Waals surface area contributed by atoms with Crippen LogP contribution in [0.3, 0.4) is 0 Å². The van der Waals surface area contributed by atoms with Gasteiger partial charge in [-0.25, -0.2) is 8.42 Å². The first kappa shape index (κ1) is 32.7. The zero-order chi connectivity index (χ0) is 30.3. The summed E-state index contributed by atoms with van der Waals surface area (Å²) in [7, 11) is -4.19. The average molecular weight is 639 g/mol. The van der Waals surface area contributed by atoms with Gasteiger partial charge < -0.3 is 10.2 Å². The van der Waals surface area contributed by atoms with E-state index in [0.717, 1.165) is 9.87 Å². The Bertz CT molecular complexity index is 1480. The molecule has 3 rings (SSSR count). The Labute approximate surface area is 257 Å². The molecule has 0 fully saturated rings. The Balaban J connectivity index is 2.08. The second-order valence-electron chi connectivity index (χ2n) is 9.82. The predicted molar refractivity (Wildman–Crippen MR) is 166 cm³/mol. The minimum Gasteiger partial charge on any atom is -0.352 e. The summed E-state index contributed by atoms with van der Waals surface area (Å²) < 4.78 is 28.9. The largest absolute Gasteiger partial charge is 0.352 e. The molecule has 41 heavy (non-hydrogen) atoms. The molecular formula is C30H34Cl3N3O4S. The number of hydrogen-bond acceptors (Lipinski definition) is 4. The van der Waals surface area contributed by atoms with Gasteiger partial charge in [0.05, 0.1) is 20.6 Å². The van der Waals surface area contributed by atoms with Crippen molar-refractivity contribution in [1.82, 2.24) is 10.2 Å². The molecular weight excluding hydrogens is 605 g/mol. The number of anilines is 1. The smallest absolute Gasteiger partial charge is 0.264 e. The van der Waals surface area contributed by atoms with Crippen LogP contribution < -0.4 is 9.62 Å². The number of amides is 2. The van der Waals surface area contributed by atoms with Gasteiger partial charge in [0, 0.05) is 17.6 Å². The monoisotopic (exact) mass is 637 g/mol. The van der Waals surface area contributed by atoms with Crippen LogP contribution in [0, 0.1) is 6.92 Å². The van der Waals surface area contributed by atoms with E-state index < -0.39 is 28.5 Å². The van der Waals surface area contributed by atoms with Crippen LogP contribution in [0.2, 0.25) is 15.1 Å². The van der Waals surface area contributed by atoms with E-state index in [-0.39, 0.29) is 23.4 Å². The topological polar surface area (TPSA) is 86.8 Å². The molecule has 2 atom stereocenters. The zero-order valence-electron chi connectivity index (χ0n) is 23.4. The van der Waals surface area contributed by atoms with Gasteiger partial charge >= 0.3 is 0 Å². The van der Waals surface area contributed by atoms with Crippen molar-refractivity contribution in [3.63, 3.8) is 0 Å². The number of halogens is 3. The summed E-state index contributed by atoms with van der Waals surface area (Å²) in [6.07, 6.45) is 1.02. The highest BCUT2D eigenvalue weighted by molar-refractivity contribution is 7.92. The highest BCUT2D eigenvalue weighted by Gasteiger charge is 2.34. The molecule has 0 spiro atoms. The minimum absolute atomic E-state index is 0.0187. The molecule has 0 radical (unpaired) electrons. The maximum absolute atomic E-state index is 14.1. The van der Waals surface area contributed by atoms with Gasteiger partial charge in [-0.2, -0.15) is 0 Å². The van der Waals surface area contributed by atoms with E-state index in [1.54, 1.807) is 43.3 Å². The van der Waals surface area contributed by atoms with E-state index in [0.29, 0.717) is 39.2 Å². The van der Waals surface area contributed by atoms with Crippen molar-refractivity contribution in [3.8, 4) is 0 Å². The average Bonchev–Trinajstić information content (AvgIpc) is 2.93. The van der Waals surface area contributed by atoms with Crippen LogP contribution in [-0.4, -0.2) is 43.8 Å². The number of carbonyl (C=O) groups is 2. The van der Waals surface area contributed by atoms with Crippen molar-refractivity contribution in [2.75, 3.05) is 10.8 Å². The molecule has 0 unspecified atom stereocenters. The first-order chi connectivity index (χ1) is 19.4. The van der Waals surface area contributed by atoms with Crippen molar-refractivity contribution < 1.29 is 18.0 Å². The molecule has 0 aliphatic heterocycles. The lowest BCUT2D eigenvalue weighted by Crippen LogP contribution is -2.53. The number of benzene rings is 3. The fraction of sp³-hybridized carbons (Fsp3) is 0.333. The molecule has 220 valence electrons. The Morgan fingerprint density at radius 2 is 1.59 bits per heavy atom. The van der Waals surface area contributed by atoms with Crippen LogP contribution in [0.4, 0.5) is 5.69 Å². The van der Waals surface area contributed by atoms with Crippen LogP contribution in [0.25, 0.3) is 0 Å². The van der Waals surface area contributed by atoms with Gasteiger partial charge in [-0.15, -0.1) is 0 Å². The number of hydrogen-bond donors (Lipinski definition) is 1. The quantitative estimate of drug-likeness (QED) is 0.235. The van der Waals surface area contributed by atoms with Gasteiger partial charge in [0.2, 0.25) is 11.8 Å². The van der Waals surface area contributed by atoms with E-state index in [1.165, 1.54) is 29.2 Å². The molecule has 1 N–H and O–H groups in total. The maximum atomic E-state index is 14.1. The van der Waals surface area contributed by atoms with Gasteiger partial charge in [-0.1, -0.05) is 66.8 Å². The summed E-state index contributed by atoms with van der Waals surface area (Å²) in [5, 5.41) is 4.00. The van der Waals surface area contributed by atoms with Gasteiger partial charge in [0.25, 0.3) is 10.0 Å². The molecule has 2 amide bonds. The van der Waals surface area contributed by atoms with E-state index in [9.17, 15) is 18.0 Å². The highest BCUT2D eigenvalue weighted by Crippen LogP contribution is 2.28. The molecule has 3 aromatic carbocycles. The number of aryl methyl sites for hydroxylation is 1. The third-order valence-corrected chi connectivity index (χ3v) is 9.47. The van der Waals surface area contributed by atoms with E-state index in [1.807, 2.05) is 26.8 Å².